The molecule has 0 heterocycles. The van der Waals surface area contributed by atoms with Gasteiger partial charge in [-0.3, -0.25) is 9.59 Å². The average Bonchev–Trinajstić information content (AvgIpc) is 3.31. The Bertz CT molecular complexity index is 1260. The minimum atomic E-state index is -0.809. The van der Waals surface area contributed by atoms with Crippen LogP contribution in [0.25, 0.3) is 0 Å². The van der Waals surface area contributed by atoms with Crippen LogP contribution in [0.15, 0.2) is 85.1 Å². The first-order valence-electron chi connectivity index (χ1n) is 27.9. The number of esters is 1. The van der Waals surface area contributed by atoms with E-state index >= 15 is 0 Å². The van der Waals surface area contributed by atoms with E-state index in [1.54, 1.807) is 0 Å². The number of carbonyl (C=O) groups is 2. The van der Waals surface area contributed by atoms with Crippen LogP contribution in [-0.4, -0.2) is 46.9 Å². The van der Waals surface area contributed by atoms with Crippen molar-refractivity contribution >= 4 is 11.9 Å². The molecule has 0 radical (unpaired) electrons. The number of aliphatic hydroxyl groups excluding tert-OH is 2. The van der Waals surface area contributed by atoms with Gasteiger partial charge in [0.1, 0.15) is 6.10 Å². The Hall–Kier alpha value is -2.96. The summed E-state index contributed by atoms with van der Waals surface area (Å²) in [6.07, 6.45) is 69.3. The van der Waals surface area contributed by atoms with Crippen LogP contribution in [0.5, 0.6) is 0 Å². The predicted molar refractivity (Wildman–Crippen MR) is 287 cm³/mol. The molecule has 3 N–H and O–H groups in total. The molecule has 0 aromatic carbocycles. The molecule has 6 heteroatoms. The van der Waals surface area contributed by atoms with Crippen LogP contribution in [-0.2, 0) is 14.3 Å². The van der Waals surface area contributed by atoms with Crippen molar-refractivity contribution in [3.8, 4) is 0 Å². The summed E-state index contributed by atoms with van der Waals surface area (Å²) < 4.78 is 5.91. The highest BCUT2D eigenvalue weighted by Gasteiger charge is 2.24. The summed E-state index contributed by atoms with van der Waals surface area (Å²) in [5, 5.41) is 23.8. The maximum atomic E-state index is 13.2. The Labute approximate surface area is 408 Å². The lowest BCUT2D eigenvalue weighted by atomic mass is 10.0. The summed E-state index contributed by atoms with van der Waals surface area (Å²) in [7, 11) is 0. The highest BCUT2D eigenvalue weighted by atomic mass is 16.5. The smallest absolute Gasteiger partial charge is 0.306 e. The Morgan fingerprint density at radius 1 is 0.439 bits per heavy atom. The molecule has 0 aromatic heterocycles. The topological polar surface area (TPSA) is 95.9 Å². The molecule has 0 aliphatic carbocycles. The molecule has 0 aliphatic heterocycles. The molecule has 1 amide bonds. The molecule has 0 bridgehead atoms. The lowest BCUT2D eigenvalue weighted by Crippen LogP contribution is -2.46. The minimum absolute atomic E-state index is 0.0305. The second-order valence-corrected chi connectivity index (χ2v) is 18.8. The maximum absolute atomic E-state index is 13.2. The van der Waals surface area contributed by atoms with E-state index in [0.717, 1.165) is 83.5 Å². The molecule has 0 aliphatic rings. The lowest BCUT2D eigenvalue weighted by Gasteiger charge is -2.24. The van der Waals surface area contributed by atoms with Crippen molar-refractivity contribution in [2.75, 3.05) is 6.61 Å². The van der Waals surface area contributed by atoms with Gasteiger partial charge in [0.2, 0.25) is 5.91 Å². The van der Waals surface area contributed by atoms with Gasteiger partial charge in [0, 0.05) is 6.42 Å². The summed E-state index contributed by atoms with van der Waals surface area (Å²) in [5.74, 6) is -0.550. The Kier molecular flexibility index (Phi) is 50.6. The quantitative estimate of drug-likeness (QED) is 0.0321. The zero-order chi connectivity index (χ0) is 48.1. The van der Waals surface area contributed by atoms with Crippen LogP contribution in [0.3, 0.4) is 0 Å². The van der Waals surface area contributed by atoms with E-state index in [4.69, 9.17) is 4.74 Å². The standard InChI is InChI=1S/C60H105NO5/c1-4-7-10-13-16-19-22-25-28-29-30-32-35-38-41-44-47-50-53-60(65)66-56(51-48-45-42-39-36-33-27-24-21-18-15-12-9-6-3)54-59(64)61-57(55-62)58(63)52-49-46-43-40-37-34-31-26-23-20-17-14-11-8-5-2/h10,13,16,19,22,25,28-30,32-33,36,39,42,56-58,62-63H,4-9,11-12,14-15,17-18,20-21,23-24,26-27,31,34-35,37-38,40-41,43-55H2,1-3H3,(H,61,64)/b13-10+,19-16+,25-22+,29-28+,32-30+,36-33+,42-39+. The van der Waals surface area contributed by atoms with Crippen LogP contribution in [0.4, 0.5) is 0 Å². The maximum Gasteiger partial charge on any atom is 0.306 e. The summed E-state index contributed by atoms with van der Waals surface area (Å²) in [6, 6.07) is -0.726. The Morgan fingerprint density at radius 3 is 1.27 bits per heavy atom. The third kappa shape index (κ3) is 47.5. The zero-order valence-electron chi connectivity index (χ0n) is 43.3. The Morgan fingerprint density at radius 2 is 0.818 bits per heavy atom. The van der Waals surface area contributed by atoms with E-state index in [9.17, 15) is 19.8 Å². The minimum Gasteiger partial charge on any atom is -0.462 e. The highest BCUT2D eigenvalue weighted by molar-refractivity contribution is 5.77. The molecular weight excluding hydrogens is 815 g/mol. The largest absolute Gasteiger partial charge is 0.462 e. The number of carbonyl (C=O) groups excluding carboxylic acids is 2. The number of hydrogen-bond acceptors (Lipinski definition) is 5. The molecule has 0 rings (SSSR count). The van der Waals surface area contributed by atoms with Gasteiger partial charge in [-0.15, -0.1) is 0 Å². The fraction of sp³-hybridized carbons (Fsp3) is 0.733. The van der Waals surface area contributed by atoms with Gasteiger partial charge in [-0.2, -0.15) is 0 Å². The number of amides is 1. The molecule has 380 valence electrons. The van der Waals surface area contributed by atoms with E-state index in [1.807, 2.05) is 24.3 Å². The SMILES string of the molecule is CCC/C=C/C=C/C=C/C=C/C=C/CCCCCCCC(=O)OC(CCC/C=C/C=C/CCCCCCCCC)CC(=O)NC(CO)C(O)CCCCCCCCCCCCCCCCC. The van der Waals surface area contributed by atoms with E-state index < -0.39 is 18.2 Å². The van der Waals surface area contributed by atoms with Crippen LogP contribution in [0.1, 0.15) is 258 Å². The molecule has 0 saturated heterocycles. The predicted octanol–water partition coefficient (Wildman–Crippen LogP) is 17.1. The van der Waals surface area contributed by atoms with Crippen molar-refractivity contribution in [3.05, 3.63) is 85.1 Å². The van der Waals surface area contributed by atoms with Crippen molar-refractivity contribution in [3.63, 3.8) is 0 Å². The third-order valence-electron chi connectivity index (χ3n) is 12.3. The van der Waals surface area contributed by atoms with Crippen molar-refractivity contribution in [1.29, 1.82) is 0 Å². The molecule has 0 spiro atoms. The summed E-state index contributed by atoms with van der Waals surface area (Å²) in [4.78, 5) is 26.2. The highest BCUT2D eigenvalue weighted by Crippen LogP contribution is 2.17. The summed E-state index contributed by atoms with van der Waals surface area (Å²) >= 11 is 0. The Balaban J connectivity index is 4.67. The summed E-state index contributed by atoms with van der Waals surface area (Å²) in [5.41, 5.74) is 0. The van der Waals surface area contributed by atoms with Crippen molar-refractivity contribution in [1.82, 2.24) is 5.32 Å². The van der Waals surface area contributed by atoms with Crippen molar-refractivity contribution in [2.45, 2.75) is 277 Å². The number of hydrogen-bond donors (Lipinski definition) is 3. The number of allylic oxidation sites excluding steroid dienone is 14. The van der Waals surface area contributed by atoms with Gasteiger partial charge in [0.05, 0.1) is 25.2 Å². The zero-order valence-corrected chi connectivity index (χ0v) is 43.3. The first-order valence-corrected chi connectivity index (χ1v) is 27.9. The fourth-order valence-corrected chi connectivity index (χ4v) is 8.10. The van der Waals surface area contributed by atoms with E-state index in [-0.39, 0.29) is 24.9 Å². The van der Waals surface area contributed by atoms with Gasteiger partial charge in [-0.25, -0.2) is 0 Å². The molecule has 66 heavy (non-hydrogen) atoms. The first kappa shape index (κ1) is 63.0. The van der Waals surface area contributed by atoms with E-state index in [0.29, 0.717) is 19.3 Å². The number of ether oxygens (including phenoxy) is 1. The van der Waals surface area contributed by atoms with Crippen LogP contribution < -0.4 is 5.32 Å². The number of aliphatic hydroxyl groups is 2. The van der Waals surface area contributed by atoms with Gasteiger partial charge < -0.3 is 20.3 Å². The van der Waals surface area contributed by atoms with Gasteiger partial charge >= 0.3 is 5.97 Å². The van der Waals surface area contributed by atoms with E-state index in [2.05, 4.69) is 86.8 Å². The summed E-state index contributed by atoms with van der Waals surface area (Å²) in [6.45, 7) is 6.38. The lowest BCUT2D eigenvalue weighted by molar-refractivity contribution is -0.151. The molecule has 0 fully saturated rings. The molecule has 3 atom stereocenters. The third-order valence-corrected chi connectivity index (χ3v) is 12.3. The monoisotopic (exact) mass is 920 g/mol. The van der Waals surface area contributed by atoms with E-state index in [1.165, 1.54) is 128 Å². The fourth-order valence-electron chi connectivity index (χ4n) is 8.10. The van der Waals surface area contributed by atoms with Crippen molar-refractivity contribution in [2.24, 2.45) is 0 Å². The molecule has 0 saturated carbocycles. The number of nitrogens with one attached hydrogen (secondary N) is 1. The second kappa shape index (κ2) is 53.0. The van der Waals surface area contributed by atoms with Gasteiger partial charge in [-0.05, 0) is 64.2 Å². The molecule has 6 nitrogen and oxygen atoms in total. The normalized spacial score (nSPS) is 13.8. The molecule has 3 unspecified atom stereocenters. The number of unbranched alkanes of at least 4 members (excludes halogenated alkanes) is 28. The first-order chi connectivity index (χ1) is 32.5. The molecule has 0 aromatic rings. The van der Waals surface area contributed by atoms with Gasteiger partial charge in [0.15, 0.2) is 0 Å². The molecular formula is C60H105NO5. The van der Waals surface area contributed by atoms with Crippen LogP contribution in [0.2, 0.25) is 0 Å². The van der Waals surface area contributed by atoms with Crippen LogP contribution >= 0.6 is 0 Å². The van der Waals surface area contributed by atoms with Crippen LogP contribution in [0, 0.1) is 0 Å². The van der Waals surface area contributed by atoms with Gasteiger partial charge in [0.25, 0.3) is 0 Å². The second-order valence-electron chi connectivity index (χ2n) is 18.8. The van der Waals surface area contributed by atoms with Gasteiger partial charge in [-0.1, -0.05) is 266 Å². The number of rotatable bonds is 49. The van der Waals surface area contributed by atoms with Crippen molar-refractivity contribution < 1.29 is 24.5 Å². The average molecular weight is 921 g/mol.